The Morgan fingerprint density at radius 1 is 1.10 bits per heavy atom. The van der Waals surface area contributed by atoms with Gasteiger partial charge in [-0.1, -0.05) is 41.9 Å². The van der Waals surface area contributed by atoms with Crippen LogP contribution in [0.5, 0.6) is 0 Å². The van der Waals surface area contributed by atoms with E-state index in [4.69, 9.17) is 16.7 Å². The first-order valence-corrected chi connectivity index (χ1v) is 6.76. The summed E-state index contributed by atoms with van der Waals surface area (Å²) in [5, 5.41) is 12.9. The first kappa shape index (κ1) is 14.6. The molecule has 0 heterocycles. The van der Waals surface area contributed by atoms with Gasteiger partial charge in [-0.3, -0.25) is 4.79 Å². The molecule has 0 fully saturated rings. The number of hydrogen-bond donors (Lipinski definition) is 2. The van der Waals surface area contributed by atoms with Crippen molar-refractivity contribution in [3.63, 3.8) is 0 Å². The summed E-state index contributed by atoms with van der Waals surface area (Å²) >= 11 is 5.85. The summed E-state index contributed by atoms with van der Waals surface area (Å²) in [4.78, 5) is 11.9. The highest BCUT2D eigenvalue weighted by molar-refractivity contribution is 6.30. The van der Waals surface area contributed by atoms with Crippen LogP contribution in [-0.2, 0) is 4.79 Å². The molecule has 20 heavy (non-hydrogen) atoms. The number of para-hydroxylation sites is 1. The van der Waals surface area contributed by atoms with Crippen molar-refractivity contribution in [1.82, 2.24) is 0 Å². The molecule has 0 saturated carbocycles. The molecular formula is C16H16ClNO2. The Hall–Kier alpha value is -1.84. The molecule has 1 atom stereocenters. The molecule has 2 aromatic rings. The fourth-order valence-electron chi connectivity index (χ4n) is 2.00. The smallest absolute Gasteiger partial charge is 0.167 e. The lowest BCUT2D eigenvalue weighted by atomic mass is 9.95. The zero-order chi connectivity index (χ0) is 14.4. The van der Waals surface area contributed by atoms with E-state index in [0.29, 0.717) is 11.6 Å². The molecule has 104 valence electrons. The molecule has 2 aromatic carbocycles. The predicted octanol–water partition coefficient (Wildman–Crippen LogP) is 3.10. The van der Waals surface area contributed by atoms with Gasteiger partial charge in [0, 0.05) is 17.3 Å². The third-order valence-electron chi connectivity index (χ3n) is 3.10. The largest absolute Gasteiger partial charge is 0.389 e. The van der Waals surface area contributed by atoms with Crippen molar-refractivity contribution in [3.8, 4) is 0 Å². The van der Waals surface area contributed by atoms with Gasteiger partial charge >= 0.3 is 0 Å². The number of anilines is 1. The first-order valence-electron chi connectivity index (χ1n) is 6.38. The topological polar surface area (TPSA) is 49.3 Å². The van der Waals surface area contributed by atoms with Crippen LogP contribution in [0.15, 0.2) is 54.6 Å². The number of aliphatic hydroxyl groups excluding tert-OH is 1. The van der Waals surface area contributed by atoms with E-state index in [-0.39, 0.29) is 5.78 Å². The number of rotatable bonds is 6. The molecule has 1 unspecified atom stereocenters. The summed E-state index contributed by atoms with van der Waals surface area (Å²) in [7, 11) is 0. The summed E-state index contributed by atoms with van der Waals surface area (Å²) in [6.45, 7) is -0.0329. The number of nitrogens with one attached hydrogen (secondary N) is 1. The van der Waals surface area contributed by atoms with E-state index in [1.807, 2.05) is 42.5 Å². The molecule has 0 radical (unpaired) electrons. The highest BCUT2D eigenvalue weighted by atomic mass is 35.5. The summed E-state index contributed by atoms with van der Waals surface area (Å²) in [5.74, 6) is -0.603. The summed E-state index contributed by atoms with van der Waals surface area (Å²) in [6.07, 6.45) is 0. The number of halogens is 1. The molecule has 4 heteroatoms. The minimum absolute atomic E-state index is 0.212. The lowest BCUT2D eigenvalue weighted by Gasteiger charge is -2.17. The quantitative estimate of drug-likeness (QED) is 0.859. The van der Waals surface area contributed by atoms with Gasteiger partial charge in [0.15, 0.2) is 5.78 Å². The van der Waals surface area contributed by atoms with Crippen LogP contribution >= 0.6 is 11.6 Å². The van der Waals surface area contributed by atoms with E-state index < -0.39 is 12.5 Å². The highest BCUT2D eigenvalue weighted by Gasteiger charge is 2.19. The molecule has 0 aliphatic heterocycles. The average molecular weight is 290 g/mol. The molecule has 0 amide bonds. The van der Waals surface area contributed by atoms with Crippen molar-refractivity contribution < 1.29 is 9.90 Å². The normalized spacial score (nSPS) is 11.9. The van der Waals surface area contributed by atoms with Crippen LogP contribution < -0.4 is 5.32 Å². The number of ketones is 1. The zero-order valence-corrected chi connectivity index (χ0v) is 11.7. The second-order valence-electron chi connectivity index (χ2n) is 4.48. The predicted molar refractivity (Wildman–Crippen MR) is 81.2 cm³/mol. The van der Waals surface area contributed by atoms with Crippen molar-refractivity contribution in [2.24, 2.45) is 0 Å². The number of carbonyl (C=O) groups is 1. The van der Waals surface area contributed by atoms with Gasteiger partial charge in [0.2, 0.25) is 0 Å². The zero-order valence-electron chi connectivity index (χ0n) is 10.9. The maximum Gasteiger partial charge on any atom is 0.167 e. The summed E-state index contributed by atoms with van der Waals surface area (Å²) in [5.41, 5.74) is 1.79. The third-order valence-corrected chi connectivity index (χ3v) is 3.35. The van der Waals surface area contributed by atoms with E-state index in [9.17, 15) is 4.79 Å². The number of hydrogen-bond acceptors (Lipinski definition) is 3. The van der Waals surface area contributed by atoms with Crippen LogP contribution in [0.25, 0.3) is 0 Å². The van der Waals surface area contributed by atoms with Crippen LogP contribution in [0.2, 0.25) is 5.02 Å². The summed E-state index contributed by atoms with van der Waals surface area (Å²) in [6, 6.07) is 16.8. The second kappa shape index (κ2) is 7.08. The molecule has 0 bridgehead atoms. The van der Waals surface area contributed by atoms with Crippen molar-refractivity contribution in [1.29, 1.82) is 0 Å². The molecule has 3 nitrogen and oxygen atoms in total. The lowest BCUT2D eigenvalue weighted by molar-refractivity contribution is -0.122. The Labute approximate surface area is 123 Å². The highest BCUT2D eigenvalue weighted by Crippen LogP contribution is 2.20. The Kier molecular flexibility index (Phi) is 5.16. The van der Waals surface area contributed by atoms with Crippen molar-refractivity contribution in [2.45, 2.75) is 5.92 Å². The van der Waals surface area contributed by atoms with Crippen LogP contribution in [0, 0.1) is 0 Å². The van der Waals surface area contributed by atoms with E-state index >= 15 is 0 Å². The van der Waals surface area contributed by atoms with E-state index in [1.165, 1.54) is 0 Å². The van der Waals surface area contributed by atoms with Crippen LogP contribution in [0.1, 0.15) is 11.5 Å². The average Bonchev–Trinajstić information content (AvgIpc) is 2.50. The van der Waals surface area contributed by atoms with Crippen molar-refractivity contribution >= 4 is 23.1 Å². The number of aliphatic hydroxyl groups is 1. The second-order valence-corrected chi connectivity index (χ2v) is 4.91. The van der Waals surface area contributed by atoms with Gasteiger partial charge in [-0.25, -0.2) is 0 Å². The van der Waals surface area contributed by atoms with Gasteiger partial charge in [-0.05, 0) is 29.8 Å². The maximum atomic E-state index is 11.9. The third kappa shape index (κ3) is 3.83. The van der Waals surface area contributed by atoms with Crippen LogP contribution in [0.3, 0.4) is 0 Å². The minimum atomic E-state index is -0.468. The molecule has 0 aromatic heterocycles. The van der Waals surface area contributed by atoms with Gasteiger partial charge < -0.3 is 10.4 Å². The number of Topliss-reactive ketones (excluding diaryl/α,β-unsaturated/α-hetero) is 1. The molecule has 0 saturated heterocycles. The fourth-order valence-corrected chi connectivity index (χ4v) is 2.12. The Morgan fingerprint density at radius 2 is 1.75 bits per heavy atom. The van der Waals surface area contributed by atoms with Crippen molar-refractivity contribution in [3.05, 3.63) is 65.2 Å². The molecular weight excluding hydrogens is 274 g/mol. The lowest BCUT2D eigenvalue weighted by Crippen LogP contribution is -2.23. The molecule has 2 N–H and O–H groups in total. The van der Waals surface area contributed by atoms with Crippen LogP contribution in [-0.4, -0.2) is 24.0 Å². The monoisotopic (exact) mass is 289 g/mol. The Balaban J connectivity index is 2.12. The SMILES string of the molecule is O=C(CO)C(CNc1ccccc1)c1ccc(Cl)cc1. The molecule has 0 spiro atoms. The fraction of sp³-hybridized carbons (Fsp3) is 0.188. The Bertz CT molecular complexity index is 554. The van der Waals surface area contributed by atoms with Gasteiger partial charge in [0.1, 0.15) is 6.61 Å². The minimum Gasteiger partial charge on any atom is -0.389 e. The maximum absolute atomic E-state index is 11.9. The van der Waals surface area contributed by atoms with Gasteiger partial charge in [-0.2, -0.15) is 0 Å². The van der Waals surface area contributed by atoms with Crippen molar-refractivity contribution in [2.75, 3.05) is 18.5 Å². The molecule has 0 aliphatic carbocycles. The van der Waals surface area contributed by atoms with Gasteiger partial charge in [0.05, 0.1) is 5.92 Å². The molecule has 2 rings (SSSR count). The van der Waals surface area contributed by atoms with E-state index in [1.54, 1.807) is 12.1 Å². The summed E-state index contributed by atoms with van der Waals surface area (Å²) < 4.78 is 0. The number of carbonyl (C=O) groups excluding carboxylic acids is 1. The van der Waals surface area contributed by atoms with Gasteiger partial charge in [-0.15, -0.1) is 0 Å². The molecule has 0 aliphatic rings. The standard InChI is InChI=1S/C16H16ClNO2/c17-13-8-6-12(7-9-13)15(16(20)11-19)10-18-14-4-2-1-3-5-14/h1-9,15,18-19H,10-11H2. The van der Waals surface area contributed by atoms with Crippen LogP contribution in [0.4, 0.5) is 5.69 Å². The van der Waals surface area contributed by atoms with E-state index in [0.717, 1.165) is 11.3 Å². The Morgan fingerprint density at radius 3 is 2.35 bits per heavy atom. The first-order chi connectivity index (χ1) is 9.70. The van der Waals surface area contributed by atoms with E-state index in [2.05, 4.69) is 5.32 Å². The number of benzene rings is 2. The van der Waals surface area contributed by atoms with Gasteiger partial charge in [0.25, 0.3) is 0 Å².